The van der Waals surface area contributed by atoms with Crippen LogP contribution < -0.4 is 10.2 Å². The van der Waals surface area contributed by atoms with E-state index >= 15 is 0 Å². The Morgan fingerprint density at radius 1 is 1.37 bits per heavy atom. The summed E-state index contributed by atoms with van der Waals surface area (Å²) in [6.07, 6.45) is 4.38. The molecule has 2 aliphatic rings. The van der Waals surface area contributed by atoms with Crippen molar-refractivity contribution in [1.82, 2.24) is 5.32 Å². The van der Waals surface area contributed by atoms with Crippen LogP contribution in [0.15, 0.2) is 18.2 Å². The molecule has 1 fully saturated rings. The molecule has 1 N–H and O–H groups in total. The number of carbonyl (C=O) groups is 2. The molecule has 0 aliphatic carbocycles. The minimum atomic E-state index is -0.398. The van der Waals surface area contributed by atoms with Gasteiger partial charge in [-0.1, -0.05) is 0 Å². The Bertz CT molecular complexity index is 736. The quantitative estimate of drug-likeness (QED) is 0.354. The first kappa shape index (κ1) is 19.1. The largest absolute Gasteiger partial charge is 0.469 e. The molecule has 0 bridgehead atoms. The number of nitrogens with one attached hydrogen (secondary N) is 1. The minimum absolute atomic E-state index is 0.0473. The monoisotopic (exact) mass is 375 g/mol. The van der Waals surface area contributed by atoms with E-state index in [1.54, 1.807) is 6.07 Å². The third-order valence-corrected chi connectivity index (χ3v) is 5.46. The Balaban J connectivity index is 1.73. The normalized spacial score (nSPS) is 21.0. The maximum absolute atomic E-state index is 12.8. The summed E-state index contributed by atoms with van der Waals surface area (Å²) in [5, 5.41) is 14.0. The first-order chi connectivity index (χ1) is 13.0. The van der Waals surface area contributed by atoms with Crippen LogP contribution in [0.4, 0.5) is 11.4 Å². The average Bonchev–Trinajstić information content (AvgIpc) is 2.69. The van der Waals surface area contributed by atoms with Gasteiger partial charge >= 0.3 is 5.97 Å². The Hall–Kier alpha value is -2.64. The van der Waals surface area contributed by atoms with Crippen molar-refractivity contribution in [3.63, 3.8) is 0 Å². The second-order valence-electron chi connectivity index (χ2n) is 7.11. The number of non-ortho nitro benzene ring substituents is 1. The highest BCUT2D eigenvalue weighted by Crippen LogP contribution is 2.39. The van der Waals surface area contributed by atoms with Crippen LogP contribution in [0.3, 0.4) is 0 Å². The van der Waals surface area contributed by atoms with Gasteiger partial charge in [0.25, 0.3) is 5.69 Å². The number of fused-ring (bicyclic) bond motifs is 3. The van der Waals surface area contributed by atoms with Crippen LogP contribution in [-0.4, -0.2) is 43.0 Å². The number of hydrogen-bond acceptors (Lipinski definition) is 6. The molecule has 8 nitrogen and oxygen atoms in total. The molecule has 3 rings (SSSR count). The molecule has 2 atom stereocenters. The lowest BCUT2D eigenvalue weighted by atomic mass is 9.80. The van der Waals surface area contributed by atoms with Crippen LogP contribution in [0, 0.1) is 16.0 Å². The zero-order chi connectivity index (χ0) is 19.4. The van der Waals surface area contributed by atoms with E-state index in [1.165, 1.54) is 13.2 Å². The number of methoxy groups -OCH3 is 1. The fourth-order valence-electron chi connectivity index (χ4n) is 4.12. The van der Waals surface area contributed by atoms with Crippen molar-refractivity contribution in [2.75, 3.05) is 25.1 Å². The second kappa shape index (κ2) is 8.37. The highest BCUT2D eigenvalue weighted by atomic mass is 16.6. The van der Waals surface area contributed by atoms with Crippen molar-refractivity contribution in [1.29, 1.82) is 0 Å². The molecule has 2 aliphatic heterocycles. The molecule has 146 valence electrons. The van der Waals surface area contributed by atoms with Gasteiger partial charge in [0.15, 0.2) is 0 Å². The summed E-state index contributed by atoms with van der Waals surface area (Å²) < 4.78 is 4.60. The van der Waals surface area contributed by atoms with Gasteiger partial charge in [0, 0.05) is 43.4 Å². The van der Waals surface area contributed by atoms with Crippen molar-refractivity contribution in [3.05, 3.63) is 33.9 Å². The highest BCUT2D eigenvalue weighted by molar-refractivity contribution is 5.82. The van der Waals surface area contributed by atoms with Crippen molar-refractivity contribution in [2.45, 2.75) is 44.6 Å². The number of anilines is 1. The molecule has 0 saturated carbocycles. The van der Waals surface area contributed by atoms with E-state index in [9.17, 15) is 19.7 Å². The molecule has 0 radical (unpaired) electrons. The van der Waals surface area contributed by atoms with Crippen LogP contribution in [0.2, 0.25) is 0 Å². The SMILES string of the molecule is COC(=O)CCCNC(=O)[C@@H]1Cc2cc([N+](=O)[O-])ccc2N2CCCC[C@H]12. The Kier molecular flexibility index (Phi) is 5.93. The minimum Gasteiger partial charge on any atom is -0.469 e. The number of carbonyl (C=O) groups excluding carboxylic acids is 2. The van der Waals surface area contributed by atoms with E-state index in [0.717, 1.165) is 37.1 Å². The van der Waals surface area contributed by atoms with E-state index in [1.807, 2.05) is 6.07 Å². The zero-order valence-electron chi connectivity index (χ0n) is 15.5. The number of nitro benzene ring substituents is 1. The van der Waals surface area contributed by atoms with Crippen LogP contribution in [0.5, 0.6) is 0 Å². The van der Waals surface area contributed by atoms with Crippen LogP contribution in [0.1, 0.15) is 37.7 Å². The number of nitro groups is 1. The topological polar surface area (TPSA) is 102 Å². The van der Waals surface area contributed by atoms with E-state index < -0.39 is 4.92 Å². The molecule has 1 aromatic carbocycles. The number of piperidine rings is 1. The Morgan fingerprint density at radius 3 is 2.93 bits per heavy atom. The van der Waals surface area contributed by atoms with Gasteiger partial charge in [-0.05, 0) is 43.7 Å². The Labute approximate surface area is 158 Å². The van der Waals surface area contributed by atoms with Crippen LogP contribution in [-0.2, 0) is 20.7 Å². The number of benzene rings is 1. The van der Waals surface area contributed by atoms with Gasteiger partial charge in [-0.25, -0.2) is 0 Å². The maximum Gasteiger partial charge on any atom is 0.305 e. The average molecular weight is 375 g/mol. The van der Waals surface area contributed by atoms with Gasteiger partial charge in [-0.3, -0.25) is 19.7 Å². The number of nitrogens with zero attached hydrogens (tertiary/aromatic N) is 2. The van der Waals surface area contributed by atoms with Gasteiger partial charge in [0.2, 0.25) is 5.91 Å². The first-order valence-electron chi connectivity index (χ1n) is 9.39. The number of ether oxygens (including phenoxy) is 1. The molecule has 2 heterocycles. The van der Waals surface area contributed by atoms with Crippen molar-refractivity contribution < 1.29 is 19.2 Å². The number of rotatable bonds is 6. The number of amides is 1. The molecular weight excluding hydrogens is 350 g/mol. The molecule has 8 heteroatoms. The standard InChI is InChI=1S/C19H25N3O5/c1-27-18(23)6-4-9-20-19(24)15-12-13-11-14(22(25)26)7-8-16(13)21-10-3-2-5-17(15)21/h7-8,11,15,17H,2-6,9-10,12H2,1H3,(H,20,24)/t15-,17-/m1/s1. The summed E-state index contributed by atoms with van der Waals surface area (Å²) in [6.45, 7) is 1.28. The van der Waals surface area contributed by atoms with E-state index in [4.69, 9.17) is 0 Å². The fourth-order valence-corrected chi connectivity index (χ4v) is 4.12. The number of hydrogen-bond donors (Lipinski definition) is 1. The van der Waals surface area contributed by atoms with E-state index in [2.05, 4.69) is 15.0 Å². The predicted octanol–water partition coefficient (Wildman–Crippen LogP) is 2.20. The maximum atomic E-state index is 12.8. The van der Waals surface area contributed by atoms with Crippen molar-refractivity contribution >= 4 is 23.3 Å². The number of esters is 1. The summed E-state index contributed by atoms with van der Waals surface area (Å²) >= 11 is 0. The van der Waals surface area contributed by atoms with Crippen molar-refractivity contribution in [3.8, 4) is 0 Å². The molecule has 27 heavy (non-hydrogen) atoms. The third-order valence-electron chi connectivity index (χ3n) is 5.46. The van der Waals surface area contributed by atoms with Crippen LogP contribution in [0.25, 0.3) is 0 Å². The summed E-state index contributed by atoms with van der Waals surface area (Å²) in [7, 11) is 1.34. The lowest BCUT2D eigenvalue weighted by Gasteiger charge is -2.45. The molecule has 0 spiro atoms. The lowest BCUT2D eigenvalue weighted by Crippen LogP contribution is -2.53. The molecule has 1 saturated heterocycles. The second-order valence-corrected chi connectivity index (χ2v) is 7.11. The van der Waals surface area contributed by atoms with E-state index in [0.29, 0.717) is 19.4 Å². The zero-order valence-corrected chi connectivity index (χ0v) is 15.5. The summed E-state index contributed by atoms with van der Waals surface area (Å²) in [5.41, 5.74) is 1.93. The molecule has 1 amide bonds. The summed E-state index contributed by atoms with van der Waals surface area (Å²) in [6, 6.07) is 5.07. The third kappa shape index (κ3) is 4.20. The predicted molar refractivity (Wildman–Crippen MR) is 99.5 cm³/mol. The van der Waals surface area contributed by atoms with Crippen LogP contribution >= 0.6 is 0 Å². The molecule has 0 aromatic heterocycles. The smallest absolute Gasteiger partial charge is 0.305 e. The van der Waals surface area contributed by atoms with Gasteiger partial charge in [0.1, 0.15) is 0 Å². The first-order valence-corrected chi connectivity index (χ1v) is 9.39. The van der Waals surface area contributed by atoms with Gasteiger partial charge in [-0.15, -0.1) is 0 Å². The van der Waals surface area contributed by atoms with Gasteiger partial charge in [-0.2, -0.15) is 0 Å². The molecule has 0 unspecified atom stereocenters. The molecule has 1 aromatic rings. The van der Waals surface area contributed by atoms with Gasteiger partial charge in [0.05, 0.1) is 18.0 Å². The Morgan fingerprint density at radius 2 is 2.19 bits per heavy atom. The summed E-state index contributed by atoms with van der Waals surface area (Å²) in [5.74, 6) is -0.575. The van der Waals surface area contributed by atoms with Crippen molar-refractivity contribution in [2.24, 2.45) is 5.92 Å². The fraction of sp³-hybridized carbons (Fsp3) is 0.579. The van der Waals surface area contributed by atoms with Gasteiger partial charge < -0.3 is 15.0 Å². The molecular formula is C19H25N3O5. The lowest BCUT2D eigenvalue weighted by molar-refractivity contribution is -0.384. The highest BCUT2D eigenvalue weighted by Gasteiger charge is 2.39. The van der Waals surface area contributed by atoms with E-state index in [-0.39, 0.29) is 35.9 Å². The summed E-state index contributed by atoms with van der Waals surface area (Å²) in [4.78, 5) is 36.9.